The molecule has 8 unspecified atom stereocenters. The summed E-state index contributed by atoms with van der Waals surface area (Å²) in [4.78, 5) is 37.2. The number of aromatic nitrogens is 9. The summed E-state index contributed by atoms with van der Waals surface area (Å²) < 4.78 is 46.3. The van der Waals surface area contributed by atoms with Crippen LogP contribution in [0.2, 0.25) is 0 Å². The average molecular weight is 1410 g/mol. The maximum absolute atomic E-state index is 13.6. The number of aromatic amines is 3. The molecule has 12 aromatic rings. The van der Waals surface area contributed by atoms with Gasteiger partial charge in [-0.2, -0.15) is 0 Å². The van der Waals surface area contributed by atoms with Gasteiger partial charge in [-0.25, -0.2) is 23.1 Å². The van der Waals surface area contributed by atoms with Crippen molar-refractivity contribution in [2.45, 2.75) is 48.8 Å². The molecule has 0 fully saturated rings. The third-order valence-electron chi connectivity index (χ3n) is 17.6. The molecule has 18 rings (SSSR count). The van der Waals surface area contributed by atoms with Gasteiger partial charge in [0.05, 0.1) is 68.3 Å². The molecule has 24 bridgehead atoms. The maximum Gasteiger partial charge on any atom is 0.128 e. The molecule has 6 aliphatic heterocycles. The first-order chi connectivity index (χ1) is 48.9. The number of aliphatic hydroxyl groups excluding tert-OH is 8. The number of thiophene rings is 3. The van der Waals surface area contributed by atoms with Gasteiger partial charge in [0.15, 0.2) is 0 Å². The van der Waals surface area contributed by atoms with E-state index in [9.17, 15) is 54.0 Å². The standard InChI is InChI=1S/C26H20FN3O4S.2C26H18FN3O2S.3H2/c27-13-3-1-12(2-4-13)22-16-7-5-14(28-16)9-17-23(31)25(33)19(29-17)11-20-26(34)24(32)18(30-20)10-15-6-8-21(22)35-15;27-15-3-1-14(2-4-15)23-22-10-9-20(33-22)12-18-7-5-16(28-18)11-17-6-8-19(29-17)13-21-25(31)26(32)24(23)30-21;27-15-3-1-14(2-4-15)24-20-9-7-17(29-20)11-16-5-6-18(28-16)12-21-25(31)26(32)22(30-21)13-19-8-10-23(24)33-19;;;/h1-11,23-26,28,31-34H;1-13,25-26,29,31-32H;1-13,25-26,28,31-32H;3*1H. The lowest BCUT2D eigenvalue weighted by molar-refractivity contribution is 0.0218. The SMILES string of the molecule is OC1c2cc3ccc(cc4nc(c(-c5ccc(F)cc5)c5ccc(cc(n2)C1O)s5)C=C4)[nH]3.OC1c2cc3ccc(cc4nc(cc5ccc(s5)c(-c5ccc(F)cc5)c(n2)C1O)C=C4)[nH]3.OC1c2cc3nc(cc4ccc(s4)c(-c4ccc(F)cc4)c4ccc(cc(n2)C1O)[nH]4)C(O)C3O.[HH].[HH].[HH]. The van der Waals surface area contributed by atoms with Gasteiger partial charge in [-0.05, 0) is 205 Å². The van der Waals surface area contributed by atoms with Gasteiger partial charge in [-0.15, -0.1) is 34.0 Å². The highest BCUT2D eigenvalue weighted by atomic mass is 32.1. The number of hydrogen-bond acceptors (Lipinski definition) is 17. The van der Waals surface area contributed by atoms with Gasteiger partial charge in [0, 0.05) is 82.3 Å². The Morgan fingerprint density at radius 2 is 0.634 bits per heavy atom. The Morgan fingerprint density at radius 3 is 1.13 bits per heavy atom. The van der Waals surface area contributed by atoms with Crippen LogP contribution in [-0.4, -0.2) is 85.7 Å². The molecule has 3 aromatic carbocycles. The maximum atomic E-state index is 13.6. The molecule has 11 N–H and O–H groups in total. The number of nitrogens with zero attached hydrogens (tertiary/aromatic N) is 6. The minimum absolute atomic E-state index is 0. The van der Waals surface area contributed by atoms with Crippen molar-refractivity contribution in [3.05, 3.63) is 286 Å². The number of benzene rings is 3. The summed E-state index contributed by atoms with van der Waals surface area (Å²) in [5.74, 6) is -0.979. The molecular weight excluding hydrogens is 1340 g/mol. The number of nitrogens with one attached hydrogen (secondary N) is 3. The smallest absolute Gasteiger partial charge is 0.128 e. The number of halogens is 3. The molecule has 6 aliphatic rings. The summed E-state index contributed by atoms with van der Waals surface area (Å²) in [6, 6.07) is 57.6. The van der Waals surface area contributed by atoms with Gasteiger partial charge in [0.1, 0.15) is 66.3 Å². The third kappa shape index (κ3) is 13.1. The van der Waals surface area contributed by atoms with Crippen molar-refractivity contribution in [1.29, 1.82) is 0 Å². The number of aliphatic hydroxyl groups is 8. The summed E-state index contributed by atoms with van der Waals surface area (Å²) in [6.07, 6.45) is -1.83. The summed E-state index contributed by atoms with van der Waals surface area (Å²) >= 11 is 4.50. The molecule has 0 saturated heterocycles. The molecule has 0 spiro atoms. The Bertz CT molecular complexity index is 5800. The van der Waals surface area contributed by atoms with E-state index in [-0.39, 0.29) is 44.5 Å². The van der Waals surface area contributed by atoms with Gasteiger partial charge < -0.3 is 55.8 Å². The van der Waals surface area contributed by atoms with Gasteiger partial charge in [-0.1, -0.05) is 36.4 Å². The lowest BCUT2D eigenvalue weighted by Crippen LogP contribution is -2.05. The molecule has 9 aromatic heterocycles. The van der Waals surface area contributed by atoms with Crippen molar-refractivity contribution >= 4 is 120 Å². The van der Waals surface area contributed by atoms with Crippen molar-refractivity contribution in [1.82, 2.24) is 44.9 Å². The minimum Gasteiger partial charge on any atom is -0.384 e. The molecule has 0 radical (unpaired) electrons. The van der Waals surface area contributed by atoms with Gasteiger partial charge in [0.2, 0.25) is 0 Å². The fourth-order valence-corrected chi connectivity index (χ4v) is 15.7. The predicted molar refractivity (Wildman–Crippen MR) is 394 cm³/mol. The van der Waals surface area contributed by atoms with Crippen molar-refractivity contribution in [3.63, 3.8) is 0 Å². The van der Waals surface area contributed by atoms with Crippen LogP contribution in [0.25, 0.3) is 119 Å². The fraction of sp³-hybridized carbons (Fsp3) is 0.103. The molecule has 0 saturated carbocycles. The van der Waals surface area contributed by atoms with Gasteiger partial charge in [0.25, 0.3) is 0 Å². The molecule has 0 amide bonds. The van der Waals surface area contributed by atoms with Gasteiger partial charge >= 0.3 is 0 Å². The molecule has 8 atom stereocenters. The van der Waals surface area contributed by atoms with E-state index < -0.39 is 48.8 Å². The monoisotopic (exact) mass is 1410 g/mol. The molecule has 17 nitrogen and oxygen atoms in total. The quantitative estimate of drug-likeness (QED) is 0.0785. The number of H-pyrrole nitrogens is 3. The molecule has 15 heterocycles. The predicted octanol–water partition coefficient (Wildman–Crippen LogP) is 16.7. The van der Waals surface area contributed by atoms with Crippen LogP contribution in [-0.2, 0) is 0 Å². The van der Waals surface area contributed by atoms with Crippen molar-refractivity contribution in [2.24, 2.45) is 0 Å². The summed E-state index contributed by atoms with van der Waals surface area (Å²) in [7, 11) is 0. The van der Waals surface area contributed by atoms with Crippen molar-refractivity contribution in [2.75, 3.05) is 0 Å². The summed E-state index contributed by atoms with van der Waals surface area (Å²) in [6.45, 7) is 0. The second-order valence-electron chi connectivity index (χ2n) is 24.5. The number of fused-ring (bicyclic) bond motifs is 24. The summed E-state index contributed by atoms with van der Waals surface area (Å²) in [5, 5.41) is 84.9. The Morgan fingerprint density at radius 1 is 0.287 bits per heavy atom. The zero-order chi connectivity index (χ0) is 69.3. The van der Waals surface area contributed by atoms with E-state index in [1.807, 2.05) is 115 Å². The topological polar surface area (TPSA) is 287 Å². The van der Waals surface area contributed by atoms with Crippen LogP contribution in [0.4, 0.5) is 13.2 Å². The molecule has 23 heteroatoms. The normalized spacial score (nSPS) is 19.0. The first kappa shape index (κ1) is 64.9. The van der Waals surface area contributed by atoms with Crippen LogP contribution >= 0.6 is 34.0 Å². The van der Waals surface area contributed by atoms with E-state index in [2.05, 4.69) is 39.9 Å². The van der Waals surface area contributed by atoms with E-state index in [1.54, 1.807) is 66.7 Å². The Kier molecular flexibility index (Phi) is 17.2. The number of hydrogen-bond donors (Lipinski definition) is 11. The van der Waals surface area contributed by atoms with Crippen LogP contribution in [0, 0.1) is 17.5 Å². The Labute approximate surface area is 587 Å². The van der Waals surface area contributed by atoms with Crippen LogP contribution in [0.3, 0.4) is 0 Å². The van der Waals surface area contributed by atoms with E-state index in [4.69, 9.17) is 4.98 Å². The second kappa shape index (κ2) is 26.7. The van der Waals surface area contributed by atoms with Crippen LogP contribution in [0.5, 0.6) is 0 Å². The molecule has 0 aliphatic carbocycles. The molecular formula is C78H62F3N9O8S3. The first-order valence-electron chi connectivity index (χ1n) is 31.9. The van der Waals surface area contributed by atoms with Gasteiger partial charge in [-0.3, -0.25) is 19.9 Å². The van der Waals surface area contributed by atoms with Crippen molar-refractivity contribution < 1.29 is 58.3 Å². The molecule has 101 heavy (non-hydrogen) atoms. The molecule has 506 valence electrons. The second-order valence-corrected chi connectivity index (χ2v) is 27.9. The fourth-order valence-electron chi connectivity index (χ4n) is 12.6. The van der Waals surface area contributed by atoms with E-state index in [1.165, 1.54) is 76.5 Å². The van der Waals surface area contributed by atoms with Crippen LogP contribution in [0.15, 0.2) is 200 Å². The summed E-state index contributed by atoms with van der Waals surface area (Å²) in [5.41, 5.74) is 15.0. The lowest BCUT2D eigenvalue weighted by Gasteiger charge is -2.11. The highest BCUT2D eigenvalue weighted by Crippen LogP contribution is 2.44. The highest BCUT2D eigenvalue weighted by Gasteiger charge is 2.34. The van der Waals surface area contributed by atoms with Crippen LogP contribution < -0.4 is 0 Å². The minimum atomic E-state index is -1.30. The largest absolute Gasteiger partial charge is 0.384 e. The number of rotatable bonds is 3. The Hall–Kier alpha value is -10.8. The zero-order valence-corrected chi connectivity index (χ0v) is 55.0. The van der Waals surface area contributed by atoms with E-state index >= 15 is 0 Å². The average Bonchev–Trinajstić information content (AvgIpc) is 1.64. The zero-order valence-electron chi connectivity index (χ0n) is 52.6. The highest BCUT2D eigenvalue weighted by molar-refractivity contribution is 7.24. The van der Waals surface area contributed by atoms with E-state index in [0.717, 1.165) is 101 Å². The lowest BCUT2D eigenvalue weighted by atomic mass is 10.0. The van der Waals surface area contributed by atoms with Crippen molar-refractivity contribution in [3.8, 4) is 33.4 Å². The van der Waals surface area contributed by atoms with E-state index in [0.29, 0.717) is 39.4 Å². The third-order valence-corrected chi connectivity index (χ3v) is 20.8. The Balaban J connectivity index is 0.000000137. The first-order valence-corrected chi connectivity index (χ1v) is 34.3. The van der Waals surface area contributed by atoms with Crippen LogP contribution in [0.1, 0.15) is 121 Å².